The SMILES string of the molecule is CCc1nc2ccc(C(=O)OC)nc2n1C[C@@H]1CCO1. The highest BCUT2D eigenvalue weighted by Crippen LogP contribution is 2.20. The number of carbonyl (C=O) groups excluding carboxylic acids is 1. The molecule has 106 valence electrons. The molecule has 2 aromatic rings. The quantitative estimate of drug-likeness (QED) is 0.792. The topological polar surface area (TPSA) is 66.2 Å². The summed E-state index contributed by atoms with van der Waals surface area (Å²) in [7, 11) is 1.35. The van der Waals surface area contributed by atoms with Gasteiger partial charge in [-0.3, -0.25) is 0 Å². The highest BCUT2D eigenvalue weighted by atomic mass is 16.5. The molecule has 0 saturated carbocycles. The van der Waals surface area contributed by atoms with Crippen molar-refractivity contribution in [1.29, 1.82) is 0 Å². The molecule has 0 aliphatic carbocycles. The molecule has 2 aromatic heterocycles. The van der Waals surface area contributed by atoms with Gasteiger partial charge in [0, 0.05) is 13.0 Å². The Kier molecular flexibility index (Phi) is 3.40. The molecular formula is C14H17N3O3. The molecule has 20 heavy (non-hydrogen) atoms. The van der Waals surface area contributed by atoms with Crippen LogP contribution in [0, 0.1) is 0 Å². The second kappa shape index (κ2) is 5.20. The van der Waals surface area contributed by atoms with E-state index in [2.05, 4.69) is 16.9 Å². The molecule has 0 unspecified atom stereocenters. The summed E-state index contributed by atoms with van der Waals surface area (Å²) in [6.45, 7) is 3.61. The number of hydrogen-bond donors (Lipinski definition) is 0. The number of carbonyl (C=O) groups is 1. The second-order valence-electron chi connectivity index (χ2n) is 4.80. The smallest absolute Gasteiger partial charge is 0.356 e. The van der Waals surface area contributed by atoms with Crippen LogP contribution in [-0.2, 0) is 22.4 Å². The number of aryl methyl sites for hydroxylation is 1. The van der Waals surface area contributed by atoms with Gasteiger partial charge >= 0.3 is 5.97 Å². The van der Waals surface area contributed by atoms with Crippen molar-refractivity contribution in [2.75, 3.05) is 13.7 Å². The first-order valence-corrected chi connectivity index (χ1v) is 6.79. The average molecular weight is 275 g/mol. The van der Waals surface area contributed by atoms with Gasteiger partial charge in [0.05, 0.1) is 19.8 Å². The van der Waals surface area contributed by atoms with Crippen molar-refractivity contribution in [3.63, 3.8) is 0 Å². The summed E-state index contributed by atoms with van der Waals surface area (Å²) in [5, 5.41) is 0. The van der Waals surface area contributed by atoms with Crippen molar-refractivity contribution in [2.45, 2.75) is 32.4 Å². The van der Waals surface area contributed by atoms with Crippen molar-refractivity contribution >= 4 is 17.1 Å². The Balaban J connectivity index is 2.05. The summed E-state index contributed by atoms with van der Waals surface area (Å²) < 4.78 is 12.2. The number of methoxy groups -OCH3 is 1. The second-order valence-corrected chi connectivity index (χ2v) is 4.80. The number of hydrogen-bond acceptors (Lipinski definition) is 5. The van der Waals surface area contributed by atoms with Crippen LogP contribution in [0.3, 0.4) is 0 Å². The number of esters is 1. The summed E-state index contributed by atoms with van der Waals surface area (Å²) in [6, 6.07) is 3.46. The lowest BCUT2D eigenvalue weighted by Crippen LogP contribution is -2.31. The maximum absolute atomic E-state index is 11.6. The Morgan fingerprint density at radius 2 is 2.30 bits per heavy atom. The summed E-state index contributed by atoms with van der Waals surface area (Å²) in [5.41, 5.74) is 1.83. The van der Waals surface area contributed by atoms with Gasteiger partial charge in [-0.25, -0.2) is 14.8 Å². The van der Waals surface area contributed by atoms with Crippen LogP contribution < -0.4 is 0 Å². The molecule has 1 aliphatic rings. The van der Waals surface area contributed by atoms with Gasteiger partial charge in [0.15, 0.2) is 11.3 Å². The van der Waals surface area contributed by atoms with E-state index in [9.17, 15) is 4.79 Å². The van der Waals surface area contributed by atoms with Crippen molar-refractivity contribution in [2.24, 2.45) is 0 Å². The molecule has 0 amide bonds. The maximum atomic E-state index is 11.6. The molecule has 1 aliphatic heterocycles. The van der Waals surface area contributed by atoms with E-state index in [4.69, 9.17) is 9.47 Å². The normalized spacial score (nSPS) is 18.0. The minimum absolute atomic E-state index is 0.223. The molecule has 0 spiro atoms. The Hall–Kier alpha value is -1.95. The molecule has 6 nitrogen and oxygen atoms in total. The first-order valence-electron chi connectivity index (χ1n) is 6.79. The lowest BCUT2D eigenvalue weighted by atomic mass is 10.2. The maximum Gasteiger partial charge on any atom is 0.356 e. The first kappa shape index (κ1) is 13.1. The van der Waals surface area contributed by atoms with Crippen LogP contribution in [-0.4, -0.2) is 40.3 Å². The number of ether oxygens (including phenoxy) is 2. The monoisotopic (exact) mass is 275 g/mol. The van der Waals surface area contributed by atoms with Gasteiger partial charge in [-0.15, -0.1) is 0 Å². The van der Waals surface area contributed by atoms with Gasteiger partial charge in [0.25, 0.3) is 0 Å². The van der Waals surface area contributed by atoms with E-state index < -0.39 is 5.97 Å². The summed E-state index contributed by atoms with van der Waals surface area (Å²) in [4.78, 5) is 20.6. The third-order valence-electron chi connectivity index (χ3n) is 3.56. The highest BCUT2D eigenvalue weighted by Gasteiger charge is 2.22. The van der Waals surface area contributed by atoms with Gasteiger partial charge < -0.3 is 14.0 Å². The van der Waals surface area contributed by atoms with Crippen LogP contribution in [0.5, 0.6) is 0 Å². The minimum Gasteiger partial charge on any atom is -0.464 e. The molecule has 1 atom stereocenters. The number of nitrogens with zero attached hydrogens (tertiary/aromatic N) is 3. The molecule has 6 heteroatoms. The molecular weight excluding hydrogens is 258 g/mol. The van der Waals surface area contributed by atoms with E-state index >= 15 is 0 Å². The Bertz CT molecular complexity index is 646. The van der Waals surface area contributed by atoms with E-state index in [-0.39, 0.29) is 6.10 Å². The van der Waals surface area contributed by atoms with Crippen molar-refractivity contribution in [3.8, 4) is 0 Å². The Morgan fingerprint density at radius 3 is 2.90 bits per heavy atom. The number of rotatable bonds is 4. The van der Waals surface area contributed by atoms with Gasteiger partial charge in [0.1, 0.15) is 11.3 Å². The molecule has 3 heterocycles. The first-order chi connectivity index (χ1) is 9.72. The number of aromatic nitrogens is 3. The fourth-order valence-corrected chi connectivity index (χ4v) is 2.36. The van der Waals surface area contributed by atoms with E-state index in [1.54, 1.807) is 6.07 Å². The van der Waals surface area contributed by atoms with E-state index in [0.29, 0.717) is 5.69 Å². The predicted octanol–water partition coefficient (Wildman–Crippen LogP) is 1.57. The number of pyridine rings is 1. The zero-order valence-electron chi connectivity index (χ0n) is 11.6. The van der Waals surface area contributed by atoms with E-state index in [1.807, 2.05) is 10.6 Å². The Labute approximate surface area is 116 Å². The molecule has 0 bridgehead atoms. The average Bonchev–Trinajstić information content (AvgIpc) is 2.78. The Morgan fingerprint density at radius 1 is 1.50 bits per heavy atom. The van der Waals surface area contributed by atoms with Gasteiger partial charge in [0.2, 0.25) is 0 Å². The summed E-state index contributed by atoms with van der Waals surface area (Å²) in [6.07, 6.45) is 2.09. The number of fused-ring (bicyclic) bond motifs is 1. The molecule has 3 rings (SSSR count). The summed E-state index contributed by atoms with van der Waals surface area (Å²) in [5.74, 6) is 0.530. The van der Waals surface area contributed by atoms with Gasteiger partial charge in [-0.2, -0.15) is 0 Å². The predicted molar refractivity (Wildman–Crippen MR) is 72.6 cm³/mol. The van der Waals surface area contributed by atoms with Crippen LogP contribution in [0.2, 0.25) is 0 Å². The number of imidazole rings is 1. The van der Waals surface area contributed by atoms with Gasteiger partial charge in [-0.05, 0) is 18.6 Å². The van der Waals surface area contributed by atoms with Crippen LogP contribution in [0.4, 0.5) is 0 Å². The zero-order chi connectivity index (χ0) is 14.1. The molecule has 0 N–H and O–H groups in total. The molecule has 1 saturated heterocycles. The largest absolute Gasteiger partial charge is 0.464 e. The molecule has 0 aromatic carbocycles. The van der Waals surface area contributed by atoms with E-state index in [0.717, 1.165) is 43.0 Å². The fourth-order valence-electron chi connectivity index (χ4n) is 2.36. The van der Waals surface area contributed by atoms with Crippen LogP contribution >= 0.6 is 0 Å². The third-order valence-corrected chi connectivity index (χ3v) is 3.56. The standard InChI is InChI=1S/C14H17N3O3/c1-3-12-15-10-4-5-11(14(18)19-2)16-13(10)17(12)8-9-6-7-20-9/h4-5,9H,3,6-8H2,1-2H3/t9-/m0/s1. The fraction of sp³-hybridized carbons (Fsp3) is 0.500. The third kappa shape index (κ3) is 2.16. The lowest BCUT2D eigenvalue weighted by Gasteiger charge is -2.27. The summed E-state index contributed by atoms with van der Waals surface area (Å²) >= 11 is 0. The van der Waals surface area contributed by atoms with Gasteiger partial charge in [-0.1, -0.05) is 6.92 Å². The minimum atomic E-state index is -0.433. The van der Waals surface area contributed by atoms with Crippen LogP contribution in [0.1, 0.15) is 29.7 Å². The van der Waals surface area contributed by atoms with Crippen molar-refractivity contribution in [1.82, 2.24) is 14.5 Å². The van der Waals surface area contributed by atoms with Crippen molar-refractivity contribution in [3.05, 3.63) is 23.7 Å². The molecule has 1 fully saturated rings. The van der Waals surface area contributed by atoms with Crippen LogP contribution in [0.15, 0.2) is 12.1 Å². The highest BCUT2D eigenvalue weighted by molar-refractivity contribution is 5.89. The molecule has 0 radical (unpaired) electrons. The van der Waals surface area contributed by atoms with Crippen LogP contribution in [0.25, 0.3) is 11.2 Å². The lowest BCUT2D eigenvalue weighted by molar-refractivity contribution is -0.0590. The zero-order valence-corrected chi connectivity index (χ0v) is 11.6. The van der Waals surface area contributed by atoms with Crippen molar-refractivity contribution < 1.29 is 14.3 Å². The van der Waals surface area contributed by atoms with E-state index in [1.165, 1.54) is 7.11 Å².